The van der Waals surface area contributed by atoms with Crippen molar-refractivity contribution in [3.63, 3.8) is 0 Å². The van der Waals surface area contributed by atoms with Crippen LogP contribution >= 0.6 is 0 Å². The first kappa shape index (κ1) is 38.6. The number of carbonyl (C=O) groups is 1. The zero-order chi connectivity index (χ0) is 34.9. The first-order valence-corrected chi connectivity index (χ1v) is 15.3. The molecule has 0 amide bonds. The second kappa shape index (κ2) is 19.8. The highest BCUT2D eigenvalue weighted by atomic mass is 19.4. The predicted octanol–water partition coefficient (Wildman–Crippen LogP) is 0.805. The third-order valence-electron chi connectivity index (χ3n) is 6.50. The average molecular weight is 690 g/mol. The molecule has 3 aromatic rings. The van der Waals surface area contributed by atoms with Crippen molar-refractivity contribution in [2.24, 2.45) is 0 Å². The number of nitrogens with two attached hydrogens (primary N) is 1. The summed E-state index contributed by atoms with van der Waals surface area (Å²) < 4.78 is 67.0. The fourth-order valence-electron chi connectivity index (χ4n) is 4.09. The van der Waals surface area contributed by atoms with E-state index in [0.717, 1.165) is 16.6 Å². The molecule has 0 bridgehead atoms. The van der Waals surface area contributed by atoms with E-state index in [4.69, 9.17) is 34.5 Å². The van der Waals surface area contributed by atoms with E-state index < -0.39 is 29.2 Å². The SMILES string of the molecule is CCCCOc1nc(N)c2c(n1)n(Cc1ccc(CN(C)CCOCCOCCOCCOCCO)cn1)c(=O)n2OC(=O)C(F)(F)F. The summed E-state index contributed by atoms with van der Waals surface area (Å²) >= 11 is 0. The van der Waals surface area contributed by atoms with Crippen molar-refractivity contribution in [3.8, 4) is 6.01 Å². The molecule has 0 radical (unpaired) electrons. The Morgan fingerprint density at radius 3 is 2.21 bits per heavy atom. The summed E-state index contributed by atoms with van der Waals surface area (Å²) in [5.41, 5.74) is 5.44. The number of hydrogen-bond acceptors (Lipinski definition) is 14. The van der Waals surface area contributed by atoms with E-state index in [2.05, 4.69) is 19.8 Å². The molecule has 0 spiro atoms. The summed E-state index contributed by atoms with van der Waals surface area (Å²) in [5.74, 6) is -3.03. The molecular formula is C29H42F3N7O9. The Morgan fingerprint density at radius 1 is 0.979 bits per heavy atom. The zero-order valence-electron chi connectivity index (χ0n) is 26.9. The van der Waals surface area contributed by atoms with Crippen LogP contribution in [0.4, 0.5) is 19.0 Å². The van der Waals surface area contributed by atoms with Crippen molar-refractivity contribution in [2.75, 3.05) is 85.4 Å². The highest BCUT2D eigenvalue weighted by Crippen LogP contribution is 2.22. The minimum absolute atomic E-state index is 0.0156. The third-order valence-corrected chi connectivity index (χ3v) is 6.50. The van der Waals surface area contributed by atoms with E-state index in [-0.39, 0.29) is 36.1 Å². The number of aliphatic hydroxyl groups is 1. The Morgan fingerprint density at radius 2 is 1.62 bits per heavy atom. The number of halogens is 3. The summed E-state index contributed by atoms with van der Waals surface area (Å²) in [6.45, 7) is 6.47. The van der Waals surface area contributed by atoms with E-state index in [0.29, 0.717) is 78.1 Å². The third kappa shape index (κ3) is 12.3. The van der Waals surface area contributed by atoms with Crippen LogP contribution in [0.5, 0.6) is 6.01 Å². The van der Waals surface area contributed by atoms with Gasteiger partial charge in [0, 0.05) is 19.3 Å². The van der Waals surface area contributed by atoms with Crippen LogP contribution in [0.15, 0.2) is 23.1 Å². The van der Waals surface area contributed by atoms with Gasteiger partial charge in [-0.15, -0.1) is 4.73 Å². The van der Waals surface area contributed by atoms with E-state index >= 15 is 0 Å². The summed E-state index contributed by atoms with van der Waals surface area (Å²) in [5, 5.41) is 8.62. The second-order valence-electron chi connectivity index (χ2n) is 10.4. The first-order valence-electron chi connectivity index (χ1n) is 15.3. The molecule has 0 unspecified atom stereocenters. The number of nitrogen functional groups attached to an aromatic ring is 1. The fraction of sp³-hybridized carbons (Fsp3) is 0.621. The summed E-state index contributed by atoms with van der Waals surface area (Å²) in [4.78, 5) is 43.7. The van der Waals surface area contributed by atoms with Crippen LogP contribution in [0, 0.1) is 0 Å². The zero-order valence-corrected chi connectivity index (χ0v) is 26.9. The lowest BCUT2D eigenvalue weighted by Gasteiger charge is -2.16. The number of pyridine rings is 1. The highest BCUT2D eigenvalue weighted by Gasteiger charge is 2.43. The van der Waals surface area contributed by atoms with Gasteiger partial charge in [-0.25, -0.2) is 9.59 Å². The van der Waals surface area contributed by atoms with Gasteiger partial charge in [0.25, 0.3) is 0 Å². The van der Waals surface area contributed by atoms with Crippen LogP contribution in [0.2, 0.25) is 0 Å². The molecule has 0 aliphatic carbocycles. The molecule has 0 aliphatic heterocycles. The average Bonchev–Trinajstić information content (AvgIpc) is 3.30. The van der Waals surface area contributed by atoms with Gasteiger partial charge in [0.15, 0.2) is 17.0 Å². The van der Waals surface area contributed by atoms with E-state index in [1.54, 1.807) is 18.3 Å². The Labute approximate surface area is 274 Å². The molecule has 3 N–H and O–H groups in total. The largest absolute Gasteiger partial charge is 0.493 e. The number of aromatic nitrogens is 5. The molecule has 3 rings (SSSR count). The molecule has 0 fully saturated rings. The number of likely N-dealkylation sites (N-methyl/N-ethyl adjacent to an activating group) is 1. The quantitative estimate of drug-likeness (QED) is 0.133. The number of unbranched alkanes of at least 4 members (excludes halogenated alkanes) is 1. The lowest BCUT2D eigenvalue weighted by atomic mass is 10.2. The number of rotatable bonds is 23. The van der Waals surface area contributed by atoms with Crippen LogP contribution in [0.25, 0.3) is 11.2 Å². The van der Waals surface area contributed by atoms with Crippen LogP contribution in [-0.4, -0.2) is 126 Å². The van der Waals surface area contributed by atoms with Crippen molar-refractivity contribution >= 4 is 23.0 Å². The number of nitrogens with zero attached hydrogens (tertiary/aromatic N) is 6. The van der Waals surface area contributed by atoms with Crippen LogP contribution in [0.1, 0.15) is 31.0 Å². The van der Waals surface area contributed by atoms with Crippen molar-refractivity contribution < 1.29 is 51.6 Å². The Hall–Kier alpha value is -3.88. The van der Waals surface area contributed by atoms with Gasteiger partial charge < -0.3 is 39.4 Å². The molecule has 48 heavy (non-hydrogen) atoms. The smallest absolute Gasteiger partial charge is 0.463 e. The molecule has 0 aromatic carbocycles. The fourth-order valence-corrected chi connectivity index (χ4v) is 4.09. The molecule has 0 saturated carbocycles. The summed E-state index contributed by atoms with van der Waals surface area (Å²) in [6.07, 6.45) is -2.27. The van der Waals surface area contributed by atoms with Gasteiger partial charge in [0.1, 0.15) is 0 Å². The minimum Gasteiger partial charge on any atom is -0.463 e. The van der Waals surface area contributed by atoms with Crippen LogP contribution in [-0.2, 0) is 36.8 Å². The maximum atomic E-state index is 13.2. The molecule has 3 heterocycles. The lowest BCUT2D eigenvalue weighted by molar-refractivity contribution is -0.199. The van der Waals surface area contributed by atoms with Gasteiger partial charge in [-0.3, -0.25) is 14.5 Å². The molecule has 268 valence electrons. The number of aliphatic hydroxyl groups excluding tert-OH is 1. The highest BCUT2D eigenvalue weighted by molar-refractivity contribution is 5.84. The van der Waals surface area contributed by atoms with Gasteiger partial charge in [0.05, 0.1) is 78.3 Å². The van der Waals surface area contributed by atoms with Gasteiger partial charge in [-0.2, -0.15) is 23.1 Å². The molecule has 0 saturated heterocycles. The van der Waals surface area contributed by atoms with Crippen molar-refractivity contribution in [1.82, 2.24) is 29.1 Å². The standard InChI is InChI=1S/C29H42F3N7O9/c1-3-4-9-47-27-35-24(33)23-25(36-27)38(28(42)39(23)48-26(41)29(30,31)32)20-22-6-5-21(18-34-22)19-37(2)7-10-43-12-14-45-16-17-46-15-13-44-11-8-40/h5-6,18,40H,3-4,7-17,19-20H2,1-2H3,(H2,33,35,36). The number of imidazole rings is 1. The van der Waals surface area contributed by atoms with Gasteiger partial charge >= 0.3 is 23.8 Å². The summed E-state index contributed by atoms with van der Waals surface area (Å²) in [6, 6.07) is 3.26. The van der Waals surface area contributed by atoms with Crippen LogP contribution < -0.4 is 21.0 Å². The Kier molecular flexibility index (Phi) is 15.9. The maximum Gasteiger partial charge on any atom is 0.493 e. The number of hydrogen-bond donors (Lipinski definition) is 2. The molecule has 16 nitrogen and oxygen atoms in total. The van der Waals surface area contributed by atoms with Gasteiger partial charge in [-0.05, 0) is 25.1 Å². The van der Waals surface area contributed by atoms with Crippen LogP contribution in [0.3, 0.4) is 0 Å². The van der Waals surface area contributed by atoms with Crippen molar-refractivity contribution in [2.45, 2.75) is 39.0 Å². The predicted molar refractivity (Wildman–Crippen MR) is 164 cm³/mol. The number of anilines is 1. The van der Waals surface area contributed by atoms with Gasteiger partial charge in [-0.1, -0.05) is 19.4 Å². The Bertz CT molecular complexity index is 1470. The minimum atomic E-state index is -5.37. The number of fused-ring (bicyclic) bond motifs is 1. The number of carbonyl (C=O) groups excluding carboxylic acids is 1. The monoisotopic (exact) mass is 689 g/mol. The lowest BCUT2D eigenvalue weighted by Crippen LogP contribution is -2.39. The molecule has 19 heteroatoms. The topological polar surface area (TPSA) is 188 Å². The maximum absolute atomic E-state index is 13.2. The van der Waals surface area contributed by atoms with E-state index in [1.165, 1.54) is 0 Å². The molecule has 3 aromatic heterocycles. The van der Waals surface area contributed by atoms with Crippen molar-refractivity contribution in [3.05, 3.63) is 40.1 Å². The second-order valence-corrected chi connectivity index (χ2v) is 10.4. The van der Waals surface area contributed by atoms with E-state index in [1.807, 2.05) is 18.9 Å². The number of ether oxygens (including phenoxy) is 5. The molecule has 0 aliphatic rings. The Balaban J connectivity index is 1.54. The van der Waals surface area contributed by atoms with E-state index in [9.17, 15) is 22.8 Å². The number of alkyl halides is 3. The van der Waals surface area contributed by atoms with Gasteiger partial charge in [0.2, 0.25) is 0 Å². The molecular weight excluding hydrogens is 647 g/mol. The summed E-state index contributed by atoms with van der Waals surface area (Å²) in [7, 11) is 1.91. The van der Waals surface area contributed by atoms with Crippen molar-refractivity contribution in [1.29, 1.82) is 0 Å². The first-order chi connectivity index (χ1) is 23.0. The normalized spacial score (nSPS) is 11.9. The molecule has 0 atom stereocenters.